The smallest absolute Gasteiger partial charge is 0.217 e. The Labute approximate surface area is 784 Å². The molecule has 59 atom stereocenters. The van der Waals surface area contributed by atoms with E-state index in [2.05, 4.69) is 10.6 Å². The number of nitrogens with one attached hydrogen (secondary N) is 2. The van der Waals surface area contributed by atoms with Crippen LogP contribution in [0.5, 0.6) is 0 Å². The summed E-state index contributed by atoms with van der Waals surface area (Å²) in [5.74, 6) is -1.93. The minimum Gasteiger partial charge on any atom is -0.394 e. The second-order valence-corrected chi connectivity index (χ2v) is 34.9. The van der Waals surface area contributed by atoms with Gasteiger partial charge in [-0.25, -0.2) is 0 Å². The van der Waals surface area contributed by atoms with Gasteiger partial charge in [-0.1, -0.05) is 0 Å². The molecule has 39 N–H and O–H groups in total. The molecule has 2 amide bonds. The molecular formula is C76H130N2O61. The quantitative estimate of drug-likeness (QED) is 0.0271. The van der Waals surface area contributed by atoms with E-state index in [1.54, 1.807) is 0 Å². The monoisotopic (exact) mass is 2050 g/mol. The number of carbonyl (C=O) groups is 2. The standard InChI is InChI=1S/C76H130N2O61/c1-16(90)77-18(3-79)32(93)57(19(92)4-80)131-66-31(78-17(2)91)43(104)58(28(13-89)128-66)132-72-56(117)61(135-75-65(50(111)39(100)25(10-86)126-75)139-76-64(49(110)38(99)26(11-87)127-76)138-71-55(116)59(40(101)27(12-88)123-71)133-68-51(112)44(105)33(94)20(5-81)120-68)42(103)30(130-72)14-118-67-54(115)60(134-74-63(48(109)37(98)24(9-85)125-74)137-70-53(114)46(107)35(96)22(7-83)122-70)41(102)29(129-67)15-119-73-62(47(108)36(97)23(8-84)124-73)136-69-52(113)45(106)34(95)21(6-82)121-69/h18-76,79-89,92-117H,3-15H2,1-2H3,(H,77,90)(H,78,91)/t18-,19+,20+,21+,22+,23+,24+,25+,26+,27+,28+,29+,30+,31+,32+,33+,34+,35+,36+,37+,38+,39+,40+,41+,42+,43+,44-,45-,46-,47-,48-,49-,50-,51+,52-,53-,54-,55-,56-,57+,58+,59-,60-,61-,62-,63-,64-,65-,66?,67?,68?,69?,70?,71?,72?,73?,74?,75?,76?/m0/s1. The minimum atomic E-state index is -2.78. The van der Waals surface area contributed by atoms with E-state index in [1.807, 2.05) is 0 Å². The SMILES string of the molecule is CC(=O)N[C@@H](CO)[C@@H](O)[C@H](OC1O[C@H](CO)[C@@H](OC2O[C@H](COC3O[C@H](COC4O[C@H](CO)[C@@H](O)[C@H](O)[C@@H]4OC4O[C@H](CO)[C@@H](O)[C@H](O)[C@@H]4O)[C@@H](O)[C@H](OC4O[C@H](CO)[C@@H](O)[C@H](O)[C@@H]4OC4O[C@H](CO)[C@@H](O)[C@H](O)[C@@H]4O)[C@@H]3O)[C@@H](O)[C@H](OC3O[C@H](CO)[C@@H](O)[C@H](O)[C@@H]3OC3O[C@H](CO)[C@@H](O)[C@H](O)[C@@H]3OC3O[C@H](CO)[C@@H](O)[C@H](OC4O[C@H](CO)[C@@H](O)[C@H](O)[C@H]4O)[C@@H]3O)[C@@H]2O)[C@H](O)[C@H]1NC(C)=O)[C@H](O)CO. The minimum absolute atomic E-state index is 0.858. The molecule has 0 radical (unpaired) electrons. The van der Waals surface area contributed by atoms with E-state index in [4.69, 9.17) is 104 Å². The molecule has 0 bridgehead atoms. The van der Waals surface area contributed by atoms with Crippen LogP contribution in [0, 0.1) is 0 Å². The van der Waals surface area contributed by atoms with Gasteiger partial charge in [-0.15, -0.1) is 0 Å². The highest BCUT2D eigenvalue weighted by Crippen LogP contribution is 2.42. The number of aliphatic hydroxyl groups excluding tert-OH is 37. The second-order valence-electron chi connectivity index (χ2n) is 34.9. The first kappa shape index (κ1) is 116. The van der Waals surface area contributed by atoms with Crippen molar-refractivity contribution in [3.8, 4) is 0 Å². The number of rotatable bonds is 40. The Bertz CT molecular complexity index is 3670. The van der Waals surface area contributed by atoms with Crippen LogP contribution in [0.25, 0.3) is 0 Å². The molecule has 11 aliphatic heterocycles. The topological polar surface area (TPSA) is 1010 Å². The Morgan fingerprint density at radius 3 is 0.827 bits per heavy atom. The predicted octanol–water partition coefficient (Wildman–Crippen LogP) is -27.2. The van der Waals surface area contributed by atoms with Crippen molar-refractivity contribution in [2.45, 2.75) is 376 Å². The summed E-state index contributed by atoms with van der Waals surface area (Å²) < 4.78 is 130. The van der Waals surface area contributed by atoms with E-state index in [9.17, 15) is 199 Å². The Morgan fingerprint density at radius 2 is 0.496 bits per heavy atom. The molecular weight excluding hydrogens is 1920 g/mol. The predicted molar refractivity (Wildman–Crippen MR) is 420 cm³/mol. The van der Waals surface area contributed by atoms with Crippen molar-refractivity contribution in [3.05, 3.63) is 0 Å². The van der Waals surface area contributed by atoms with E-state index in [0.717, 1.165) is 13.8 Å². The third kappa shape index (κ3) is 25.5. The van der Waals surface area contributed by atoms with Crippen LogP contribution in [0.2, 0.25) is 0 Å². The van der Waals surface area contributed by atoms with Crippen LogP contribution in [0.15, 0.2) is 0 Å². The summed E-state index contributed by atoms with van der Waals surface area (Å²) in [6.07, 6.45) is -130. The lowest BCUT2D eigenvalue weighted by Gasteiger charge is -2.51. The molecule has 0 aromatic carbocycles. The van der Waals surface area contributed by atoms with Crippen LogP contribution in [0.3, 0.4) is 0 Å². The fourth-order valence-corrected chi connectivity index (χ4v) is 17.5. The summed E-state index contributed by atoms with van der Waals surface area (Å²) in [4.78, 5) is 25.4. The highest BCUT2D eigenvalue weighted by molar-refractivity contribution is 5.73. The van der Waals surface area contributed by atoms with Gasteiger partial charge < -0.3 is 304 Å². The highest BCUT2D eigenvalue weighted by atomic mass is 16.8. The summed E-state index contributed by atoms with van der Waals surface area (Å²) in [5, 5.41) is 418. The van der Waals surface area contributed by atoms with Crippen molar-refractivity contribution < 1.29 is 303 Å². The first-order valence-electron chi connectivity index (χ1n) is 44.1. The molecule has 11 saturated heterocycles. The van der Waals surface area contributed by atoms with E-state index in [1.165, 1.54) is 0 Å². The number of hydrogen-bond donors (Lipinski definition) is 39. The normalized spacial score (nSPS) is 49.5. The first-order chi connectivity index (χ1) is 65.9. The Morgan fingerprint density at radius 1 is 0.245 bits per heavy atom. The Kier molecular flexibility index (Phi) is 42.7. The lowest BCUT2D eigenvalue weighted by Crippen LogP contribution is -2.70. The molecule has 0 spiro atoms. The molecule has 0 aromatic heterocycles. The van der Waals surface area contributed by atoms with E-state index in [-0.39, 0.29) is 0 Å². The van der Waals surface area contributed by atoms with Gasteiger partial charge in [0.1, 0.15) is 287 Å². The van der Waals surface area contributed by atoms with Crippen LogP contribution in [-0.4, -0.2) is 649 Å². The second kappa shape index (κ2) is 51.2. The van der Waals surface area contributed by atoms with E-state index in [0.29, 0.717) is 0 Å². The van der Waals surface area contributed by atoms with Gasteiger partial charge in [0.25, 0.3) is 0 Å². The van der Waals surface area contributed by atoms with Crippen molar-refractivity contribution in [2.75, 3.05) is 85.9 Å². The third-order valence-corrected chi connectivity index (χ3v) is 25.5. The fourth-order valence-electron chi connectivity index (χ4n) is 17.5. The zero-order valence-corrected chi connectivity index (χ0v) is 73.6. The maximum atomic E-state index is 13.2. The van der Waals surface area contributed by atoms with Gasteiger partial charge in [0.05, 0.1) is 91.9 Å². The van der Waals surface area contributed by atoms with Crippen molar-refractivity contribution in [1.82, 2.24) is 10.6 Å². The zero-order valence-electron chi connectivity index (χ0n) is 73.6. The molecule has 0 saturated carbocycles. The van der Waals surface area contributed by atoms with Crippen molar-refractivity contribution in [2.24, 2.45) is 0 Å². The van der Waals surface area contributed by atoms with Crippen LogP contribution in [-0.2, 0) is 114 Å². The average molecular weight is 2050 g/mol. The van der Waals surface area contributed by atoms with Crippen LogP contribution in [0.1, 0.15) is 13.8 Å². The number of amides is 2. The molecule has 11 fully saturated rings. The van der Waals surface area contributed by atoms with Gasteiger partial charge in [-0.2, -0.15) is 0 Å². The molecule has 810 valence electrons. The largest absolute Gasteiger partial charge is 0.394 e. The Balaban J connectivity index is 0.968. The molecule has 11 unspecified atom stereocenters. The number of carbonyl (C=O) groups excluding carboxylic acids is 2. The fraction of sp³-hybridized carbons (Fsp3) is 0.974. The van der Waals surface area contributed by atoms with Crippen LogP contribution in [0.4, 0.5) is 0 Å². The molecule has 139 heavy (non-hydrogen) atoms. The van der Waals surface area contributed by atoms with Gasteiger partial charge in [0.15, 0.2) is 69.2 Å². The summed E-state index contributed by atoms with van der Waals surface area (Å²) in [7, 11) is 0. The first-order valence-corrected chi connectivity index (χ1v) is 44.1. The highest BCUT2D eigenvalue weighted by Gasteiger charge is 2.63. The number of aliphatic hydroxyl groups is 37. The summed E-state index contributed by atoms with van der Waals surface area (Å²) in [5.41, 5.74) is 0. The van der Waals surface area contributed by atoms with Gasteiger partial charge >= 0.3 is 0 Å². The summed E-state index contributed by atoms with van der Waals surface area (Å²) in [6, 6.07) is -3.83. The van der Waals surface area contributed by atoms with Crippen molar-refractivity contribution >= 4 is 11.8 Å². The van der Waals surface area contributed by atoms with E-state index >= 15 is 0 Å². The Hall–Kier alpha value is -3.42. The van der Waals surface area contributed by atoms with Gasteiger partial charge in [-0.05, 0) is 0 Å². The number of ether oxygens (including phenoxy) is 22. The zero-order chi connectivity index (χ0) is 102. The maximum absolute atomic E-state index is 13.2. The molecule has 0 aliphatic carbocycles. The summed E-state index contributed by atoms with van der Waals surface area (Å²) >= 11 is 0. The molecule has 11 heterocycles. The van der Waals surface area contributed by atoms with Gasteiger partial charge in [0, 0.05) is 13.8 Å². The molecule has 63 heteroatoms. The van der Waals surface area contributed by atoms with Crippen LogP contribution >= 0.6 is 0 Å². The molecule has 63 nitrogen and oxygen atoms in total. The molecule has 0 aromatic rings. The third-order valence-electron chi connectivity index (χ3n) is 25.5. The maximum Gasteiger partial charge on any atom is 0.217 e. The molecule has 11 aliphatic rings. The van der Waals surface area contributed by atoms with Crippen molar-refractivity contribution in [1.29, 1.82) is 0 Å². The lowest BCUT2D eigenvalue weighted by molar-refractivity contribution is -0.411. The van der Waals surface area contributed by atoms with Crippen molar-refractivity contribution in [3.63, 3.8) is 0 Å². The molecule has 11 rings (SSSR count). The number of hydrogen-bond acceptors (Lipinski definition) is 61. The van der Waals surface area contributed by atoms with Crippen LogP contribution < -0.4 is 10.6 Å². The average Bonchev–Trinajstić information content (AvgIpc) is 0.754. The van der Waals surface area contributed by atoms with Gasteiger partial charge in [-0.3, -0.25) is 9.59 Å². The lowest BCUT2D eigenvalue weighted by atomic mass is 9.94. The summed E-state index contributed by atoms with van der Waals surface area (Å²) in [6.45, 7) is -13.9. The van der Waals surface area contributed by atoms with E-state index < -0.39 is 460 Å². The van der Waals surface area contributed by atoms with Gasteiger partial charge in [0.2, 0.25) is 11.8 Å².